The number of nitrogens with zero attached hydrogens (tertiary/aromatic N) is 2. The molecule has 2 N–H and O–H groups in total. The highest BCUT2D eigenvalue weighted by molar-refractivity contribution is 5.95. The third-order valence-electron chi connectivity index (χ3n) is 4.48. The number of amides is 1. The van der Waals surface area contributed by atoms with Gasteiger partial charge in [-0.2, -0.15) is 5.10 Å². The first-order valence-electron chi connectivity index (χ1n) is 7.89. The van der Waals surface area contributed by atoms with Crippen LogP contribution in [-0.4, -0.2) is 34.8 Å². The molecule has 1 fully saturated rings. The van der Waals surface area contributed by atoms with E-state index in [-0.39, 0.29) is 30.2 Å². The highest BCUT2D eigenvalue weighted by atomic mass is 35.5. The molecular formula is C17H22ClFN4O. The van der Waals surface area contributed by atoms with Crippen LogP contribution in [0.2, 0.25) is 0 Å². The molecule has 5 nitrogen and oxygen atoms in total. The molecule has 0 saturated carbocycles. The number of aromatic nitrogens is 2. The van der Waals surface area contributed by atoms with E-state index in [4.69, 9.17) is 0 Å². The summed E-state index contributed by atoms with van der Waals surface area (Å²) in [4.78, 5) is 12.5. The summed E-state index contributed by atoms with van der Waals surface area (Å²) in [5, 5.41) is 10.5. The Morgan fingerprint density at radius 3 is 2.88 bits per heavy atom. The highest BCUT2D eigenvalue weighted by Gasteiger charge is 2.25. The molecule has 2 atom stereocenters. The molecule has 3 rings (SSSR count). The van der Waals surface area contributed by atoms with Crippen LogP contribution in [0.5, 0.6) is 0 Å². The maximum absolute atomic E-state index is 13.9. The first-order chi connectivity index (χ1) is 11.1. The molecule has 1 saturated heterocycles. The van der Waals surface area contributed by atoms with E-state index in [1.807, 2.05) is 0 Å². The monoisotopic (exact) mass is 352 g/mol. The lowest BCUT2D eigenvalue weighted by Crippen LogP contribution is -2.50. The Balaban J connectivity index is 0.00000208. The predicted octanol–water partition coefficient (Wildman–Crippen LogP) is 2.47. The number of carbonyl (C=O) groups is 1. The Kier molecular flexibility index (Phi) is 5.96. The molecule has 2 unspecified atom stereocenters. The molecular weight excluding hydrogens is 331 g/mol. The van der Waals surface area contributed by atoms with Gasteiger partial charge in [0.2, 0.25) is 0 Å². The van der Waals surface area contributed by atoms with Crippen molar-refractivity contribution < 1.29 is 9.18 Å². The minimum atomic E-state index is -0.365. The summed E-state index contributed by atoms with van der Waals surface area (Å²) >= 11 is 0. The highest BCUT2D eigenvalue weighted by Crippen LogP contribution is 2.18. The van der Waals surface area contributed by atoms with Crippen LogP contribution >= 0.6 is 12.4 Å². The standard InChI is InChI=1S/C17H21FN4O.ClH/c1-11-7-8-19-10-15(11)21-17(23)13-9-20-22(12(13)2)16-6-4-3-5-14(16)18;/h3-6,9,11,15,19H,7-8,10H2,1-2H3,(H,21,23);1H. The minimum Gasteiger partial charge on any atom is -0.348 e. The van der Waals surface area contributed by atoms with E-state index in [9.17, 15) is 9.18 Å². The molecule has 1 aliphatic heterocycles. The van der Waals surface area contributed by atoms with Gasteiger partial charge in [-0.15, -0.1) is 12.4 Å². The van der Waals surface area contributed by atoms with Crippen LogP contribution in [0.4, 0.5) is 4.39 Å². The zero-order valence-corrected chi connectivity index (χ0v) is 14.6. The summed E-state index contributed by atoms with van der Waals surface area (Å²) in [6, 6.07) is 6.50. The van der Waals surface area contributed by atoms with Crippen LogP contribution in [0.3, 0.4) is 0 Å². The lowest BCUT2D eigenvalue weighted by Gasteiger charge is -2.30. The quantitative estimate of drug-likeness (QED) is 0.892. The Morgan fingerprint density at radius 1 is 1.42 bits per heavy atom. The van der Waals surface area contributed by atoms with Gasteiger partial charge in [0.1, 0.15) is 11.5 Å². The van der Waals surface area contributed by atoms with Gasteiger partial charge < -0.3 is 10.6 Å². The van der Waals surface area contributed by atoms with Crippen molar-refractivity contribution in [2.75, 3.05) is 13.1 Å². The molecule has 2 heterocycles. The van der Waals surface area contributed by atoms with Gasteiger partial charge in [-0.25, -0.2) is 9.07 Å². The first kappa shape index (κ1) is 18.4. The van der Waals surface area contributed by atoms with Gasteiger partial charge in [0, 0.05) is 12.6 Å². The Hall–Kier alpha value is -1.92. The Bertz CT molecular complexity index is 718. The topological polar surface area (TPSA) is 59.0 Å². The lowest BCUT2D eigenvalue weighted by atomic mass is 9.94. The van der Waals surface area contributed by atoms with Crippen LogP contribution in [0.1, 0.15) is 29.4 Å². The van der Waals surface area contributed by atoms with Crippen LogP contribution in [0, 0.1) is 18.7 Å². The second-order valence-corrected chi connectivity index (χ2v) is 6.06. The van der Waals surface area contributed by atoms with Gasteiger partial charge in [-0.05, 0) is 37.9 Å². The van der Waals surface area contributed by atoms with Crippen molar-refractivity contribution in [2.45, 2.75) is 26.3 Å². The SMILES string of the molecule is Cc1c(C(=O)NC2CNCCC2C)cnn1-c1ccccc1F.Cl. The van der Waals surface area contributed by atoms with Crippen LogP contribution in [0.15, 0.2) is 30.5 Å². The van der Waals surface area contributed by atoms with Crippen molar-refractivity contribution in [2.24, 2.45) is 5.92 Å². The molecule has 24 heavy (non-hydrogen) atoms. The molecule has 1 aliphatic rings. The van der Waals surface area contributed by atoms with Gasteiger partial charge in [-0.3, -0.25) is 4.79 Å². The van der Waals surface area contributed by atoms with E-state index in [0.717, 1.165) is 19.5 Å². The number of para-hydroxylation sites is 1. The summed E-state index contributed by atoms with van der Waals surface area (Å²) in [7, 11) is 0. The summed E-state index contributed by atoms with van der Waals surface area (Å²) in [6.45, 7) is 5.67. The van der Waals surface area contributed by atoms with Gasteiger partial charge in [-0.1, -0.05) is 19.1 Å². The average Bonchev–Trinajstić information content (AvgIpc) is 2.92. The van der Waals surface area contributed by atoms with Crippen molar-refractivity contribution in [3.63, 3.8) is 0 Å². The summed E-state index contributed by atoms with van der Waals surface area (Å²) < 4.78 is 15.4. The van der Waals surface area contributed by atoms with Gasteiger partial charge >= 0.3 is 0 Å². The predicted molar refractivity (Wildman–Crippen MR) is 93.4 cm³/mol. The third kappa shape index (κ3) is 3.60. The maximum atomic E-state index is 13.9. The van der Waals surface area contributed by atoms with E-state index in [1.165, 1.54) is 16.9 Å². The van der Waals surface area contributed by atoms with Crippen molar-refractivity contribution in [1.29, 1.82) is 0 Å². The van der Waals surface area contributed by atoms with E-state index in [0.29, 0.717) is 22.9 Å². The van der Waals surface area contributed by atoms with E-state index >= 15 is 0 Å². The molecule has 130 valence electrons. The van der Waals surface area contributed by atoms with Crippen LogP contribution < -0.4 is 10.6 Å². The number of rotatable bonds is 3. The first-order valence-corrected chi connectivity index (χ1v) is 7.89. The largest absolute Gasteiger partial charge is 0.348 e. The van der Waals surface area contributed by atoms with Gasteiger partial charge in [0.05, 0.1) is 17.5 Å². The van der Waals surface area contributed by atoms with Crippen molar-refractivity contribution in [1.82, 2.24) is 20.4 Å². The Morgan fingerprint density at radius 2 is 2.17 bits per heavy atom. The zero-order valence-electron chi connectivity index (χ0n) is 13.8. The molecule has 1 aromatic carbocycles. The smallest absolute Gasteiger partial charge is 0.255 e. The number of hydrogen-bond donors (Lipinski definition) is 2. The fraction of sp³-hybridized carbons (Fsp3) is 0.412. The molecule has 0 spiro atoms. The zero-order chi connectivity index (χ0) is 16.4. The summed E-state index contributed by atoms with van der Waals surface area (Å²) in [5.41, 5.74) is 1.45. The van der Waals surface area contributed by atoms with Gasteiger partial charge in [0.25, 0.3) is 5.91 Å². The average molecular weight is 353 g/mol. The number of halogens is 2. The summed E-state index contributed by atoms with van der Waals surface area (Å²) in [6.07, 6.45) is 2.54. The van der Waals surface area contributed by atoms with E-state index in [2.05, 4.69) is 22.7 Å². The van der Waals surface area contributed by atoms with E-state index < -0.39 is 0 Å². The van der Waals surface area contributed by atoms with Gasteiger partial charge in [0.15, 0.2) is 0 Å². The number of nitrogens with one attached hydrogen (secondary N) is 2. The molecule has 1 aromatic heterocycles. The van der Waals surface area contributed by atoms with Crippen LogP contribution in [-0.2, 0) is 0 Å². The van der Waals surface area contributed by atoms with Crippen molar-refractivity contribution in [3.8, 4) is 5.69 Å². The Labute approximate surface area is 147 Å². The molecule has 1 amide bonds. The number of carbonyl (C=O) groups excluding carboxylic acids is 1. The fourth-order valence-electron chi connectivity index (χ4n) is 2.93. The minimum absolute atomic E-state index is 0. The number of benzene rings is 1. The van der Waals surface area contributed by atoms with Crippen molar-refractivity contribution >= 4 is 18.3 Å². The molecule has 0 bridgehead atoms. The normalized spacial score (nSPS) is 20.3. The number of hydrogen-bond acceptors (Lipinski definition) is 3. The molecule has 0 radical (unpaired) electrons. The van der Waals surface area contributed by atoms with E-state index in [1.54, 1.807) is 25.1 Å². The maximum Gasteiger partial charge on any atom is 0.255 e. The molecule has 7 heteroatoms. The van der Waals surface area contributed by atoms with Crippen LogP contribution in [0.25, 0.3) is 5.69 Å². The van der Waals surface area contributed by atoms with Crippen molar-refractivity contribution in [3.05, 3.63) is 47.5 Å². The fourth-order valence-corrected chi connectivity index (χ4v) is 2.93. The molecule has 2 aromatic rings. The second kappa shape index (κ2) is 7.77. The third-order valence-corrected chi connectivity index (χ3v) is 4.48. The number of piperidine rings is 1. The summed E-state index contributed by atoms with van der Waals surface area (Å²) in [5.74, 6) is -0.0940. The molecule has 0 aliphatic carbocycles. The second-order valence-electron chi connectivity index (χ2n) is 6.06. The lowest BCUT2D eigenvalue weighted by molar-refractivity contribution is 0.0914.